The van der Waals surface area contributed by atoms with E-state index in [1.165, 1.54) is 116 Å². The zero-order chi connectivity index (χ0) is 42.7. The van der Waals surface area contributed by atoms with E-state index < -0.39 is 0 Å². The summed E-state index contributed by atoms with van der Waals surface area (Å²) in [5.41, 5.74) is 18.9. The average Bonchev–Trinajstić information content (AvgIpc) is 3.66. The van der Waals surface area contributed by atoms with Crippen LogP contribution in [0.2, 0.25) is 0 Å². The molecule has 0 aliphatic rings. The lowest BCUT2D eigenvalue weighted by atomic mass is 9.85. The fourth-order valence-corrected chi connectivity index (χ4v) is 9.84. The summed E-state index contributed by atoms with van der Waals surface area (Å²) >= 11 is 0. The minimum atomic E-state index is 0.0961. The molecule has 11 rings (SSSR count). The quantitative estimate of drug-likeness (QED) is 0.141. The molecule has 0 saturated heterocycles. The molecule has 63 heavy (non-hydrogen) atoms. The van der Waals surface area contributed by atoms with Gasteiger partial charge in [0.15, 0.2) is 0 Å². The van der Waals surface area contributed by atoms with E-state index in [2.05, 4.69) is 245 Å². The van der Waals surface area contributed by atoms with E-state index in [9.17, 15) is 0 Å². The Balaban J connectivity index is 0.909. The highest BCUT2D eigenvalue weighted by atomic mass is 15.0. The highest BCUT2D eigenvalue weighted by Gasteiger charge is 2.19. The molecule has 0 aliphatic carbocycles. The summed E-state index contributed by atoms with van der Waals surface area (Å²) in [6.07, 6.45) is 0. The second-order valence-electron chi connectivity index (χ2n) is 18.0. The Morgan fingerprint density at radius 3 is 1.02 bits per heavy atom. The van der Waals surface area contributed by atoms with Crippen LogP contribution in [0.4, 0.5) is 0 Å². The maximum atomic E-state index is 2.44. The standard InChI is InChI=1S/C62H49N/c1-5-63-58-37-35-50(39-56(58)57-40-51(62(2,3)4)36-38-59(57)63)47-25-23-44(24-26-47)46-29-33-49(34-30-46)61-54-17-11-9-15-52(54)60(53-16-10-12-18-55(53)61)48-31-27-45(28-32-48)43-21-19-42(20-22-43)41-13-7-6-8-14-41/h6-40H,5H2,1-4H3. The number of hydrogen-bond donors (Lipinski definition) is 0. The van der Waals surface area contributed by atoms with Crippen molar-refractivity contribution in [3.63, 3.8) is 0 Å². The van der Waals surface area contributed by atoms with Crippen LogP contribution in [0.1, 0.15) is 33.3 Å². The summed E-state index contributed by atoms with van der Waals surface area (Å²) < 4.78 is 2.44. The Bertz CT molecular complexity index is 3400. The largest absolute Gasteiger partial charge is 0.341 e. The van der Waals surface area contributed by atoms with Gasteiger partial charge < -0.3 is 4.57 Å². The lowest BCUT2D eigenvalue weighted by Gasteiger charge is -2.19. The molecular weight excluding hydrogens is 759 g/mol. The Morgan fingerprint density at radius 2 is 0.619 bits per heavy atom. The first kappa shape index (κ1) is 38.4. The second-order valence-corrected chi connectivity index (χ2v) is 18.0. The summed E-state index contributed by atoms with van der Waals surface area (Å²) in [5.74, 6) is 0. The van der Waals surface area contributed by atoms with E-state index in [4.69, 9.17) is 0 Å². The molecule has 0 aliphatic heterocycles. The van der Waals surface area contributed by atoms with Gasteiger partial charge in [0, 0.05) is 28.4 Å². The number of aromatic nitrogens is 1. The van der Waals surface area contributed by atoms with Gasteiger partial charge in [-0.15, -0.1) is 0 Å². The van der Waals surface area contributed by atoms with Gasteiger partial charge >= 0.3 is 0 Å². The summed E-state index contributed by atoms with van der Waals surface area (Å²) in [6, 6.07) is 78.7. The molecule has 1 heterocycles. The molecule has 0 atom stereocenters. The Kier molecular flexibility index (Phi) is 9.43. The maximum Gasteiger partial charge on any atom is 0.0491 e. The van der Waals surface area contributed by atoms with Gasteiger partial charge in [0.05, 0.1) is 0 Å². The number of rotatable bonds is 7. The molecule has 0 bridgehead atoms. The molecular formula is C62H49N. The first-order chi connectivity index (χ1) is 30.8. The van der Waals surface area contributed by atoms with Crippen LogP contribution in [0.25, 0.3) is 110 Å². The molecule has 1 nitrogen and oxygen atoms in total. The van der Waals surface area contributed by atoms with Crippen LogP contribution in [0.15, 0.2) is 212 Å². The highest BCUT2D eigenvalue weighted by Crippen LogP contribution is 2.44. The Morgan fingerprint density at radius 1 is 0.302 bits per heavy atom. The monoisotopic (exact) mass is 807 g/mol. The molecule has 302 valence electrons. The highest BCUT2D eigenvalue weighted by molar-refractivity contribution is 6.21. The zero-order valence-electron chi connectivity index (χ0n) is 36.4. The molecule has 11 aromatic rings. The van der Waals surface area contributed by atoms with Gasteiger partial charge in [-0.1, -0.05) is 209 Å². The van der Waals surface area contributed by atoms with Crippen LogP contribution < -0.4 is 0 Å². The number of nitrogens with zero attached hydrogens (tertiary/aromatic N) is 1. The van der Waals surface area contributed by atoms with Crippen LogP contribution in [-0.2, 0) is 12.0 Å². The zero-order valence-corrected chi connectivity index (χ0v) is 36.4. The van der Waals surface area contributed by atoms with Gasteiger partial charge in [0.2, 0.25) is 0 Å². The smallest absolute Gasteiger partial charge is 0.0491 e. The van der Waals surface area contributed by atoms with E-state index in [-0.39, 0.29) is 5.41 Å². The van der Waals surface area contributed by atoms with Crippen molar-refractivity contribution in [3.05, 3.63) is 218 Å². The predicted octanol–water partition coefficient (Wildman–Crippen LogP) is 17.4. The third-order valence-corrected chi connectivity index (χ3v) is 13.2. The number of benzene rings is 10. The van der Waals surface area contributed by atoms with Crippen LogP contribution in [0.3, 0.4) is 0 Å². The molecule has 10 aromatic carbocycles. The molecule has 0 spiro atoms. The van der Waals surface area contributed by atoms with E-state index in [1.54, 1.807) is 0 Å². The van der Waals surface area contributed by atoms with Gasteiger partial charge in [-0.2, -0.15) is 0 Å². The first-order valence-corrected chi connectivity index (χ1v) is 22.3. The third-order valence-electron chi connectivity index (χ3n) is 13.2. The summed E-state index contributed by atoms with van der Waals surface area (Å²) in [5, 5.41) is 7.71. The average molecular weight is 808 g/mol. The SMILES string of the molecule is CCn1c2ccc(-c3ccc(-c4ccc(-c5c6ccccc6c(-c6ccc(-c7ccc(-c8ccccc8)cc7)cc6)c6ccccc56)cc4)cc3)cc2c2cc(C(C)(C)C)ccc21. The lowest BCUT2D eigenvalue weighted by Crippen LogP contribution is -2.10. The van der Waals surface area contributed by atoms with Crippen molar-refractivity contribution in [2.45, 2.75) is 39.7 Å². The minimum absolute atomic E-state index is 0.0961. The molecule has 0 saturated carbocycles. The van der Waals surface area contributed by atoms with Crippen LogP contribution in [-0.4, -0.2) is 4.57 Å². The summed E-state index contributed by atoms with van der Waals surface area (Å²) in [6.45, 7) is 10.1. The van der Waals surface area contributed by atoms with Gasteiger partial charge in [0.1, 0.15) is 0 Å². The van der Waals surface area contributed by atoms with Crippen molar-refractivity contribution in [3.8, 4) is 66.8 Å². The van der Waals surface area contributed by atoms with Gasteiger partial charge in [0.25, 0.3) is 0 Å². The fourth-order valence-electron chi connectivity index (χ4n) is 9.84. The molecule has 0 fully saturated rings. The molecule has 1 heteroatoms. The molecule has 1 aromatic heterocycles. The summed E-state index contributed by atoms with van der Waals surface area (Å²) in [7, 11) is 0. The number of hydrogen-bond acceptors (Lipinski definition) is 0. The lowest BCUT2D eigenvalue weighted by molar-refractivity contribution is 0.591. The van der Waals surface area contributed by atoms with Crippen LogP contribution >= 0.6 is 0 Å². The second kappa shape index (κ2) is 15.5. The predicted molar refractivity (Wildman–Crippen MR) is 271 cm³/mol. The van der Waals surface area contributed by atoms with Crippen molar-refractivity contribution in [1.82, 2.24) is 4.57 Å². The van der Waals surface area contributed by atoms with E-state index in [1.807, 2.05) is 0 Å². The summed E-state index contributed by atoms with van der Waals surface area (Å²) in [4.78, 5) is 0. The van der Waals surface area contributed by atoms with Crippen molar-refractivity contribution >= 4 is 43.4 Å². The molecule has 0 N–H and O–H groups in total. The molecule has 0 unspecified atom stereocenters. The topological polar surface area (TPSA) is 4.93 Å². The molecule has 0 amide bonds. The van der Waals surface area contributed by atoms with Gasteiger partial charge in [-0.05, 0) is 130 Å². The number of aryl methyl sites for hydroxylation is 1. The van der Waals surface area contributed by atoms with Crippen molar-refractivity contribution < 1.29 is 0 Å². The van der Waals surface area contributed by atoms with E-state index in [0.29, 0.717) is 0 Å². The van der Waals surface area contributed by atoms with Crippen molar-refractivity contribution in [2.75, 3.05) is 0 Å². The van der Waals surface area contributed by atoms with Crippen molar-refractivity contribution in [2.24, 2.45) is 0 Å². The normalized spacial score (nSPS) is 11.9. The Hall–Kier alpha value is -7.48. The van der Waals surface area contributed by atoms with Crippen LogP contribution in [0.5, 0.6) is 0 Å². The van der Waals surface area contributed by atoms with E-state index >= 15 is 0 Å². The minimum Gasteiger partial charge on any atom is -0.341 e. The fraction of sp³-hybridized carbons (Fsp3) is 0.0968. The Labute approximate surface area is 370 Å². The van der Waals surface area contributed by atoms with Crippen molar-refractivity contribution in [1.29, 1.82) is 0 Å². The molecule has 0 radical (unpaired) electrons. The third kappa shape index (κ3) is 6.82. The first-order valence-electron chi connectivity index (χ1n) is 22.3. The van der Waals surface area contributed by atoms with Gasteiger partial charge in [-0.3, -0.25) is 0 Å². The van der Waals surface area contributed by atoms with Gasteiger partial charge in [-0.25, -0.2) is 0 Å². The van der Waals surface area contributed by atoms with Crippen LogP contribution in [0, 0.1) is 0 Å². The number of fused-ring (bicyclic) bond motifs is 5. The maximum absolute atomic E-state index is 2.44. The van der Waals surface area contributed by atoms with E-state index in [0.717, 1.165) is 6.54 Å².